The first-order valence-corrected chi connectivity index (χ1v) is 15.4. The van der Waals surface area contributed by atoms with Crippen molar-refractivity contribution in [3.63, 3.8) is 0 Å². The van der Waals surface area contributed by atoms with Crippen LogP contribution >= 0.6 is 11.3 Å². The van der Waals surface area contributed by atoms with Crippen LogP contribution in [0.3, 0.4) is 0 Å². The van der Waals surface area contributed by atoms with Gasteiger partial charge in [0.25, 0.3) is 0 Å². The van der Waals surface area contributed by atoms with E-state index in [-0.39, 0.29) is 27.1 Å². The summed E-state index contributed by atoms with van der Waals surface area (Å²) >= 11 is 0.976. The number of rotatable bonds is 9. The Hall–Kier alpha value is -2.00. The summed E-state index contributed by atoms with van der Waals surface area (Å²) < 4.78 is 79.9. The van der Waals surface area contributed by atoms with E-state index in [9.17, 15) is 30.0 Å². The molecule has 0 fully saturated rings. The van der Waals surface area contributed by atoms with Crippen molar-refractivity contribution in [2.45, 2.75) is 46.9 Å². The summed E-state index contributed by atoms with van der Waals surface area (Å²) in [5.41, 5.74) is -0.655. The maximum atomic E-state index is 12.9. The Morgan fingerprint density at radius 1 is 0.939 bits per heavy atom. The molecule has 2 N–H and O–H groups in total. The second-order valence-electron chi connectivity index (χ2n) is 8.04. The number of hydrogen-bond donors (Lipinski definition) is 2. The van der Waals surface area contributed by atoms with Crippen LogP contribution in [0, 0.1) is 0 Å². The minimum absolute atomic E-state index is 0.0384. The third kappa shape index (κ3) is 8.37. The Kier molecular flexibility index (Phi) is 8.33. The molecule has 0 radical (unpaired) electrons. The van der Waals surface area contributed by atoms with Gasteiger partial charge in [0.1, 0.15) is 9.81 Å². The topological polar surface area (TPSA) is 153 Å². The van der Waals surface area contributed by atoms with E-state index in [1.54, 1.807) is 26.8 Å². The molecule has 0 aliphatic heterocycles. The number of sulfone groups is 2. The van der Waals surface area contributed by atoms with E-state index in [2.05, 4.69) is 10.0 Å². The van der Waals surface area contributed by atoms with Crippen LogP contribution in [0.1, 0.15) is 25.6 Å². The van der Waals surface area contributed by atoms with Crippen molar-refractivity contribution in [1.29, 1.82) is 0 Å². The van der Waals surface area contributed by atoms with Crippen LogP contribution in [-0.2, 0) is 41.0 Å². The lowest BCUT2D eigenvalue weighted by molar-refractivity contribution is 0.0524. The van der Waals surface area contributed by atoms with Gasteiger partial charge in [0.05, 0.1) is 28.3 Å². The molecule has 1 aromatic carbocycles. The molecule has 1 aromatic heterocycles. The standard InChI is InChI=1S/C19H26N2O8S4/c1-19(2,3)29-18(22)20-13-14-5-10-17(30-14)33(27,28)16-8-6-15(7-9-16)32(25,26)12-11-21-31(4,23)24/h5-10,21H,11-13H2,1-4H3,(H,20,22). The van der Waals surface area contributed by atoms with Crippen molar-refractivity contribution in [1.82, 2.24) is 10.0 Å². The molecule has 14 heteroatoms. The van der Waals surface area contributed by atoms with Crippen molar-refractivity contribution in [2.24, 2.45) is 0 Å². The lowest BCUT2D eigenvalue weighted by Gasteiger charge is -2.19. The normalized spacial score (nSPS) is 13.0. The van der Waals surface area contributed by atoms with Crippen molar-refractivity contribution in [2.75, 3.05) is 18.6 Å². The van der Waals surface area contributed by atoms with Crippen molar-refractivity contribution < 1.29 is 34.8 Å². The van der Waals surface area contributed by atoms with Gasteiger partial charge in [0, 0.05) is 11.4 Å². The zero-order chi connectivity index (χ0) is 25.1. The molecular weight excluding hydrogens is 512 g/mol. The number of carbonyl (C=O) groups excluding carboxylic acids is 1. The number of thiophene rings is 1. The molecule has 0 atom stereocenters. The first kappa shape index (κ1) is 27.2. The highest BCUT2D eigenvalue weighted by molar-refractivity contribution is 7.93. The fourth-order valence-corrected chi connectivity index (χ4v) is 6.95. The number of hydrogen-bond acceptors (Lipinski definition) is 9. The van der Waals surface area contributed by atoms with Gasteiger partial charge < -0.3 is 10.1 Å². The van der Waals surface area contributed by atoms with Gasteiger partial charge >= 0.3 is 6.09 Å². The highest BCUT2D eigenvalue weighted by Crippen LogP contribution is 2.28. The van der Waals surface area contributed by atoms with E-state index >= 15 is 0 Å². The molecule has 0 saturated heterocycles. The Morgan fingerprint density at radius 3 is 2.06 bits per heavy atom. The maximum absolute atomic E-state index is 12.9. The number of ether oxygens (including phenoxy) is 1. The summed E-state index contributed by atoms with van der Waals surface area (Å²) in [6, 6.07) is 7.69. The van der Waals surface area contributed by atoms with E-state index < -0.39 is 47.1 Å². The zero-order valence-electron chi connectivity index (χ0n) is 18.5. The van der Waals surface area contributed by atoms with Crippen LogP contribution in [0.25, 0.3) is 0 Å². The average molecular weight is 539 g/mol. The number of nitrogens with one attached hydrogen (secondary N) is 2. The van der Waals surface area contributed by atoms with Crippen molar-refractivity contribution >= 4 is 47.1 Å². The van der Waals surface area contributed by atoms with Crippen LogP contribution in [0.5, 0.6) is 0 Å². The predicted molar refractivity (Wildman–Crippen MR) is 124 cm³/mol. The Bertz CT molecular complexity index is 1300. The van der Waals surface area contributed by atoms with Crippen LogP contribution in [-0.4, -0.2) is 55.5 Å². The molecule has 0 unspecified atom stereocenters. The molecule has 2 aromatic rings. The Balaban J connectivity index is 2.09. The molecule has 1 amide bonds. The van der Waals surface area contributed by atoms with E-state index in [0.717, 1.165) is 17.6 Å². The van der Waals surface area contributed by atoms with Crippen LogP contribution in [0.2, 0.25) is 0 Å². The molecule has 2 rings (SSSR count). The van der Waals surface area contributed by atoms with Gasteiger partial charge in [-0.15, -0.1) is 11.3 Å². The van der Waals surface area contributed by atoms with E-state index in [1.165, 1.54) is 30.3 Å². The second-order valence-corrected chi connectivity index (χ2v) is 15.3. The molecule has 0 saturated carbocycles. The van der Waals surface area contributed by atoms with Crippen LogP contribution in [0.15, 0.2) is 50.4 Å². The van der Waals surface area contributed by atoms with E-state index in [1.807, 2.05) is 0 Å². The van der Waals surface area contributed by atoms with Gasteiger partial charge in [0.2, 0.25) is 19.9 Å². The summed E-state index contributed by atoms with van der Waals surface area (Å²) in [4.78, 5) is 12.1. The van der Waals surface area contributed by atoms with Gasteiger partial charge in [-0.1, -0.05) is 0 Å². The van der Waals surface area contributed by atoms with Gasteiger partial charge in [-0.05, 0) is 57.2 Å². The largest absolute Gasteiger partial charge is 0.444 e. The van der Waals surface area contributed by atoms with Crippen LogP contribution < -0.4 is 10.0 Å². The highest BCUT2D eigenvalue weighted by atomic mass is 32.2. The summed E-state index contributed by atoms with van der Waals surface area (Å²) in [7, 11) is -11.2. The zero-order valence-corrected chi connectivity index (χ0v) is 21.8. The minimum Gasteiger partial charge on any atom is -0.444 e. The van der Waals surface area contributed by atoms with Gasteiger partial charge in [-0.25, -0.2) is 34.8 Å². The SMILES string of the molecule is CC(C)(C)OC(=O)NCc1ccc(S(=O)(=O)c2ccc(S(=O)(=O)CCNS(C)(=O)=O)cc2)s1. The van der Waals surface area contributed by atoms with Gasteiger partial charge in [0.15, 0.2) is 9.84 Å². The molecule has 0 spiro atoms. The molecule has 33 heavy (non-hydrogen) atoms. The van der Waals surface area contributed by atoms with E-state index in [0.29, 0.717) is 4.88 Å². The molecule has 184 valence electrons. The second kappa shape index (κ2) is 10.1. The smallest absolute Gasteiger partial charge is 0.407 e. The van der Waals surface area contributed by atoms with Crippen LogP contribution in [0.4, 0.5) is 4.79 Å². The Labute approximate surface area is 198 Å². The first-order chi connectivity index (χ1) is 15.0. The van der Waals surface area contributed by atoms with Gasteiger partial charge in [-0.3, -0.25) is 0 Å². The monoisotopic (exact) mass is 538 g/mol. The number of amides is 1. The van der Waals surface area contributed by atoms with E-state index in [4.69, 9.17) is 4.74 Å². The molecule has 0 aliphatic carbocycles. The molecular formula is C19H26N2O8S4. The quantitative estimate of drug-likeness (QED) is 0.491. The predicted octanol–water partition coefficient (Wildman–Crippen LogP) is 1.93. The average Bonchev–Trinajstić information content (AvgIpc) is 3.14. The van der Waals surface area contributed by atoms with Crippen molar-refractivity contribution in [3.8, 4) is 0 Å². The van der Waals surface area contributed by atoms with Gasteiger partial charge in [-0.2, -0.15) is 0 Å². The minimum atomic E-state index is -3.90. The number of carbonyl (C=O) groups is 1. The molecule has 1 heterocycles. The molecule has 0 bridgehead atoms. The lowest BCUT2D eigenvalue weighted by atomic mass is 10.2. The summed E-state index contributed by atoms with van der Waals surface area (Å²) in [6.45, 7) is 4.98. The Morgan fingerprint density at radius 2 is 1.52 bits per heavy atom. The number of benzene rings is 1. The number of alkyl carbamates (subject to hydrolysis) is 1. The maximum Gasteiger partial charge on any atom is 0.407 e. The summed E-state index contributed by atoms with van der Waals surface area (Å²) in [6.07, 6.45) is 0.298. The molecule has 0 aliphatic rings. The number of sulfonamides is 1. The van der Waals surface area contributed by atoms with Crippen molar-refractivity contribution in [3.05, 3.63) is 41.3 Å². The fourth-order valence-electron chi connectivity index (χ4n) is 2.49. The molecule has 10 nitrogen and oxygen atoms in total. The summed E-state index contributed by atoms with van der Waals surface area (Å²) in [5, 5.41) is 2.56. The third-order valence-corrected chi connectivity index (χ3v) is 9.74. The highest BCUT2D eigenvalue weighted by Gasteiger charge is 2.22. The summed E-state index contributed by atoms with van der Waals surface area (Å²) in [5.74, 6) is -0.467. The third-order valence-electron chi connectivity index (χ3n) is 3.94. The fraction of sp³-hybridized carbons (Fsp3) is 0.421. The lowest BCUT2D eigenvalue weighted by Crippen LogP contribution is -2.31. The first-order valence-electron chi connectivity index (χ1n) is 9.58.